The molecule has 3 unspecified atom stereocenters. The fourth-order valence-electron chi connectivity index (χ4n) is 1.47. The molecule has 1 fully saturated rings. The first-order chi connectivity index (χ1) is 5.93. The second kappa shape index (κ2) is 3.35. The van der Waals surface area contributed by atoms with Gasteiger partial charge >= 0.3 is 83.0 Å². The van der Waals surface area contributed by atoms with Gasteiger partial charge in [0.1, 0.15) is 0 Å². The number of hydrogen-bond donors (Lipinski definition) is 0. The second-order valence-electron chi connectivity index (χ2n) is 3.45. The third-order valence-corrected chi connectivity index (χ3v) is 5.36. The van der Waals surface area contributed by atoms with Gasteiger partial charge < -0.3 is 0 Å². The molecule has 1 aliphatic rings. The van der Waals surface area contributed by atoms with Crippen LogP contribution in [-0.2, 0) is 14.4 Å². The Bertz CT molecular complexity index is 274. The van der Waals surface area contributed by atoms with E-state index in [1.165, 1.54) is 0 Å². The van der Waals surface area contributed by atoms with E-state index < -0.39 is 10.2 Å². The molecule has 13 heavy (non-hydrogen) atoms. The van der Waals surface area contributed by atoms with Gasteiger partial charge in [0, 0.05) is 0 Å². The Hall–Kier alpha value is -0.471. The summed E-state index contributed by atoms with van der Waals surface area (Å²) in [6, 6.07) is 0. The van der Waals surface area contributed by atoms with E-state index in [0.29, 0.717) is 6.29 Å². The molecule has 0 amide bonds. The van der Waals surface area contributed by atoms with E-state index in [2.05, 4.69) is 0 Å². The summed E-state index contributed by atoms with van der Waals surface area (Å²) in [7, 11) is 0. The zero-order chi connectivity index (χ0) is 10.2. The van der Waals surface area contributed by atoms with Gasteiger partial charge in [-0.3, -0.25) is 0 Å². The Morgan fingerprint density at radius 3 is 2.54 bits per heavy atom. The van der Waals surface area contributed by atoms with Gasteiger partial charge in [0.2, 0.25) is 0 Å². The zero-order valence-electron chi connectivity index (χ0n) is 7.87. The summed E-state index contributed by atoms with van der Waals surface area (Å²) in [5, 5.41) is 0. The van der Waals surface area contributed by atoms with Gasteiger partial charge in [-0.15, -0.1) is 0 Å². The Labute approximate surface area is 83.4 Å². The van der Waals surface area contributed by atoms with Crippen molar-refractivity contribution in [2.24, 2.45) is 5.92 Å². The van der Waals surface area contributed by atoms with Crippen LogP contribution in [0.1, 0.15) is 20.8 Å². The van der Waals surface area contributed by atoms with Crippen LogP contribution in [-0.4, -0.2) is 32.8 Å². The number of ketones is 2. The molecular weight excluding hydrogens is 235 g/mol. The van der Waals surface area contributed by atoms with Gasteiger partial charge in [-0.2, -0.15) is 0 Å². The summed E-state index contributed by atoms with van der Waals surface area (Å²) < 4.78 is -0.813. The molecule has 0 aliphatic carbocycles. The molecule has 0 bridgehead atoms. The minimum atomic E-state index is -0.813. The molecule has 0 aromatic heterocycles. The Morgan fingerprint density at radius 2 is 2.23 bits per heavy atom. The predicted molar refractivity (Wildman–Crippen MR) is 48.8 cm³/mol. The van der Waals surface area contributed by atoms with Crippen molar-refractivity contribution in [2.75, 3.05) is 0 Å². The van der Waals surface area contributed by atoms with Crippen LogP contribution in [0.15, 0.2) is 0 Å². The molecule has 4 heteroatoms. The maximum absolute atomic E-state index is 11.6. The molecule has 0 N–H and O–H groups in total. The SMILES string of the molecule is CC(C=O)C(=O)C1(C)[Se]C(C)C1=O. The van der Waals surface area contributed by atoms with Crippen LogP contribution in [0.25, 0.3) is 0 Å². The van der Waals surface area contributed by atoms with Crippen LogP contribution in [0.2, 0.25) is 9.13 Å². The van der Waals surface area contributed by atoms with Crippen molar-refractivity contribution in [1.82, 2.24) is 0 Å². The van der Waals surface area contributed by atoms with E-state index in [1.807, 2.05) is 6.92 Å². The average molecular weight is 247 g/mol. The van der Waals surface area contributed by atoms with Crippen molar-refractivity contribution in [2.45, 2.75) is 29.9 Å². The zero-order valence-corrected chi connectivity index (χ0v) is 9.58. The molecule has 0 aromatic rings. The normalized spacial score (nSPS) is 35.0. The van der Waals surface area contributed by atoms with Gasteiger partial charge in [-0.05, 0) is 0 Å². The maximum atomic E-state index is 11.6. The van der Waals surface area contributed by atoms with E-state index in [1.54, 1.807) is 13.8 Å². The van der Waals surface area contributed by atoms with Crippen LogP contribution < -0.4 is 0 Å². The van der Waals surface area contributed by atoms with E-state index in [-0.39, 0.29) is 31.3 Å². The quantitative estimate of drug-likeness (QED) is 0.418. The molecule has 1 aliphatic heterocycles. The molecule has 1 rings (SSSR count). The second-order valence-corrected chi connectivity index (χ2v) is 7.14. The molecule has 0 radical (unpaired) electrons. The first-order valence-electron chi connectivity index (χ1n) is 4.15. The van der Waals surface area contributed by atoms with Crippen LogP contribution in [0.4, 0.5) is 0 Å². The summed E-state index contributed by atoms with van der Waals surface area (Å²) in [6.07, 6.45) is 0.611. The van der Waals surface area contributed by atoms with Gasteiger partial charge in [0.25, 0.3) is 0 Å². The first-order valence-corrected chi connectivity index (χ1v) is 5.99. The van der Waals surface area contributed by atoms with E-state index in [0.717, 1.165) is 0 Å². The Balaban J connectivity index is 2.78. The van der Waals surface area contributed by atoms with Crippen LogP contribution in [0.5, 0.6) is 0 Å². The monoisotopic (exact) mass is 248 g/mol. The number of Topliss-reactive ketones (excluding diaryl/α,β-unsaturated/α-hetero) is 2. The van der Waals surface area contributed by atoms with Gasteiger partial charge in [-0.25, -0.2) is 0 Å². The van der Waals surface area contributed by atoms with Crippen molar-refractivity contribution in [1.29, 1.82) is 0 Å². The van der Waals surface area contributed by atoms with E-state index >= 15 is 0 Å². The van der Waals surface area contributed by atoms with Gasteiger partial charge in [-0.1, -0.05) is 0 Å². The van der Waals surface area contributed by atoms with Gasteiger partial charge in [0.15, 0.2) is 0 Å². The molecule has 0 aromatic carbocycles. The summed E-state index contributed by atoms with van der Waals surface area (Å²) in [4.78, 5) is 33.5. The predicted octanol–water partition coefficient (Wildman–Crippen LogP) is 0.664. The third kappa shape index (κ3) is 1.49. The van der Waals surface area contributed by atoms with Crippen LogP contribution >= 0.6 is 0 Å². The number of carbonyl (C=O) groups is 3. The Kier molecular flexibility index (Phi) is 2.74. The van der Waals surface area contributed by atoms with Crippen LogP contribution in [0.3, 0.4) is 0 Å². The first kappa shape index (κ1) is 10.6. The summed E-state index contributed by atoms with van der Waals surface area (Å²) in [6.45, 7) is 5.05. The molecule has 3 nitrogen and oxygen atoms in total. The summed E-state index contributed by atoms with van der Waals surface area (Å²) in [5.74, 6) is -0.833. The van der Waals surface area contributed by atoms with Crippen molar-refractivity contribution >= 4 is 32.8 Å². The van der Waals surface area contributed by atoms with Gasteiger partial charge in [0.05, 0.1) is 0 Å². The summed E-state index contributed by atoms with van der Waals surface area (Å²) in [5.41, 5.74) is 0. The third-order valence-electron chi connectivity index (χ3n) is 2.34. The number of hydrogen-bond acceptors (Lipinski definition) is 3. The average Bonchev–Trinajstić information content (AvgIpc) is 2.14. The number of aldehydes is 1. The summed E-state index contributed by atoms with van der Waals surface area (Å²) >= 11 is 0.0262. The van der Waals surface area contributed by atoms with E-state index in [4.69, 9.17) is 0 Å². The molecule has 1 heterocycles. The standard InChI is InChI=1S/C9H12O3Se/c1-5(4-10)7(11)9(3)8(12)6(2)13-9/h4-6H,1-3H3. The molecule has 1 saturated heterocycles. The molecule has 0 spiro atoms. The topological polar surface area (TPSA) is 51.2 Å². The molecule has 3 atom stereocenters. The fourth-order valence-corrected chi connectivity index (χ4v) is 4.53. The molecular formula is C9H12O3Se. The molecule has 0 saturated carbocycles. The fraction of sp³-hybridized carbons (Fsp3) is 0.667. The number of carbonyl (C=O) groups excluding carboxylic acids is 3. The minimum absolute atomic E-state index is 0.00574. The van der Waals surface area contributed by atoms with Crippen molar-refractivity contribution in [3.05, 3.63) is 0 Å². The van der Waals surface area contributed by atoms with Crippen molar-refractivity contribution in [3.8, 4) is 0 Å². The Morgan fingerprint density at radius 1 is 1.69 bits per heavy atom. The van der Waals surface area contributed by atoms with E-state index in [9.17, 15) is 14.4 Å². The molecule has 72 valence electrons. The van der Waals surface area contributed by atoms with Crippen molar-refractivity contribution < 1.29 is 14.4 Å². The van der Waals surface area contributed by atoms with Crippen molar-refractivity contribution in [3.63, 3.8) is 0 Å². The van der Waals surface area contributed by atoms with Crippen LogP contribution in [0, 0.1) is 5.92 Å². The number of rotatable bonds is 3.